The van der Waals surface area contributed by atoms with Crippen molar-refractivity contribution in [2.75, 3.05) is 32.2 Å². The van der Waals surface area contributed by atoms with Crippen molar-refractivity contribution in [3.8, 4) is 11.6 Å². The molecule has 1 N–H and O–H groups in total. The van der Waals surface area contributed by atoms with E-state index in [1.807, 2.05) is 0 Å². The third kappa shape index (κ3) is 6.59. The second kappa shape index (κ2) is 12.1. The molecule has 0 radical (unpaired) electrons. The SMILES string of the molecule is COCC(COC)n1c(NS(=O)(=O)[C@@H](C)[C@@H](OC(C)C)c2ncc(Cl)cn2)nnc1-c1ccc(C)o1. The van der Waals surface area contributed by atoms with Crippen molar-refractivity contribution in [2.45, 2.75) is 51.2 Å². The van der Waals surface area contributed by atoms with Crippen LogP contribution in [0, 0.1) is 6.92 Å². The minimum Gasteiger partial charge on any atom is -0.458 e. The first-order valence-corrected chi connectivity index (χ1v) is 13.1. The lowest BCUT2D eigenvalue weighted by atomic mass is 10.2. The number of nitrogens with one attached hydrogen (secondary N) is 1. The number of aromatic nitrogens is 5. The number of methoxy groups -OCH3 is 2. The van der Waals surface area contributed by atoms with Gasteiger partial charge in [0, 0.05) is 26.6 Å². The topological polar surface area (TPSA) is 143 Å². The standard InChI is InChI=1S/C22H31ClN6O6S/c1-13(2)34-19(20-24-9-16(23)10-25-20)15(4)36(30,31)28-22-27-26-21(18-8-7-14(3)35-18)29(22)17(11-32-5)12-33-6/h7-10,13,15,17,19H,11-12H2,1-6H3,(H,27,28)/t15-,19+/m0/s1. The van der Waals surface area contributed by atoms with E-state index >= 15 is 0 Å². The second-order valence-corrected chi connectivity index (χ2v) is 10.9. The lowest BCUT2D eigenvalue weighted by Crippen LogP contribution is -2.35. The van der Waals surface area contributed by atoms with Gasteiger partial charge in [0.2, 0.25) is 21.8 Å². The minimum absolute atomic E-state index is 0.0228. The normalized spacial score (nSPS) is 13.9. The summed E-state index contributed by atoms with van der Waals surface area (Å²) in [6, 6.07) is 3.06. The predicted molar refractivity (Wildman–Crippen MR) is 133 cm³/mol. The van der Waals surface area contributed by atoms with Crippen LogP contribution in [-0.2, 0) is 24.2 Å². The van der Waals surface area contributed by atoms with Crippen molar-refractivity contribution in [3.63, 3.8) is 0 Å². The molecule has 198 valence electrons. The average Bonchev–Trinajstić information content (AvgIpc) is 3.43. The smallest absolute Gasteiger partial charge is 0.240 e. The van der Waals surface area contributed by atoms with E-state index in [4.69, 9.17) is 30.2 Å². The average molecular weight is 543 g/mol. The third-order valence-electron chi connectivity index (χ3n) is 5.20. The second-order valence-electron chi connectivity index (χ2n) is 8.41. The summed E-state index contributed by atoms with van der Waals surface area (Å²) in [5, 5.41) is 7.54. The summed E-state index contributed by atoms with van der Waals surface area (Å²) in [5.74, 6) is 1.58. The number of halogens is 1. The Hall–Kier alpha value is -2.58. The van der Waals surface area contributed by atoms with Crippen molar-refractivity contribution >= 4 is 27.6 Å². The quantitative estimate of drug-likeness (QED) is 0.341. The Labute approximate surface area is 215 Å². The highest BCUT2D eigenvalue weighted by atomic mass is 35.5. The number of hydrogen-bond donors (Lipinski definition) is 1. The maximum Gasteiger partial charge on any atom is 0.240 e. The molecule has 0 bridgehead atoms. The number of anilines is 1. The van der Waals surface area contributed by atoms with Crippen molar-refractivity contribution in [1.82, 2.24) is 24.7 Å². The van der Waals surface area contributed by atoms with E-state index in [9.17, 15) is 8.42 Å². The zero-order valence-corrected chi connectivity index (χ0v) is 22.6. The van der Waals surface area contributed by atoms with Crippen LogP contribution in [0.25, 0.3) is 11.6 Å². The van der Waals surface area contributed by atoms with E-state index in [1.54, 1.807) is 37.5 Å². The number of furan rings is 1. The molecule has 0 amide bonds. The summed E-state index contributed by atoms with van der Waals surface area (Å²) in [7, 11) is -1.01. The van der Waals surface area contributed by atoms with E-state index in [1.165, 1.54) is 33.5 Å². The zero-order valence-electron chi connectivity index (χ0n) is 21.0. The lowest BCUT2D eigenvalue weighted by molar-refractivity contribution is 0.00154. The molecule has 0 saturated heterocycles. The first kappa shape index (κ1) is 28.0. The van der Waals surface area contributed by atoms with Crippen LogP contribution in [-0.4, -0.2) is 71.9 Å². The summed E-state index contributed by atoms with van der Waals surface area (Å²) in [6.07, 6.45) is 1.51. The lowest BCUT2D eigenvalue weighted by Gasteiger charge is -2.26. The molecule has 0 saturated carbocycles. The first-order valence-electron chi connectivity index (χ1n) is 11.2. The molecule has 0 spiro atoms. The van der Waals surface area contributed by atoms with Gasteiger partial charge in [0.1, 0.15) is 17.1 Å². The molecule has 36 heavy (non-hydrogen) atoms. The van der Waals surface area contributed by atoms with Gasteiger partial charge in [0.05, 0.1) is 30.4 Å². The highest BCUT2D eigenvalue weighted by molar-refractivity contribution is 7.93. The Morgan fingerprint density at radius 3 is 2.25 bits per heavy atom. The number of hydrogen-bond acceptors (Lipinski definition) is 10. The van der Waals surface area contributed by atoms with Gasteiger partial charge in [-0.25, -0.2) is 18.4 Å². The van der Waals surface area contributed by atoms with Gasteiger partial charge in [-0.05, 0) is 39.8 Å². The fourth-order valence-electron chi connectivity index (χ4n) is 3.54. The van der Waals surface area contributed by atoms with Gasteiger partial charge >= 0.3 is 0 Å². The Kier molecular flexibility index (Phi) is 9.41. The molecule has 0 fully saturated rings. The molecule has 0 aliphatic rings. The molecule has 12 nitrogen and oxygen atoms in total. The Morgan fingerprint density at radius 1 is 1.08 bits per heavy atom. The number of ether oxygens (including phenoxy) is 3. The van der Waals surface area contributed by atoms with Crippen LogP contribution in [0.1, 0.15) is 44.5 Å². The van der Waals surface area contributed by atoms with Crippen LogP contribution in [0.4, 0.5) is 5.95 Å². The number of sulfonamides is 1. The van der Waals surface area contributed by atoms with Crippen molar-refractivity contribution in [2.24, 2.45) is 0 Å². The van der Waals surface area contributed by atoms with Crippen LogP contribution in [0.3, 0.4) is 0 Å². The molecule has 3 rings (SSSR count). The van der Waals surface area contributed by atoms with Crippen LogP contribution in [0.2, 0.25) is 5.02 Å². The maximum absolute atomic E-state index is 13.6. The van der Waals surface area contributed by atoms with Crippen molar-refractivity contribution in [1.29, 1.82) is 0 Å². The molecule has 0 unspecified atom stereocenters. The fourth-order valence-corrected chi connectivity index (χ4v) is 4.73. The van der Waals surface area contributed by atoms with Gasteiger partial charge in [-0.1, -0.05) is 11.6 Å². The molecule has 0 aliphatic carbocycles. The summed E-state index contributed by atoms with van der Waals surface area (Å²) in [6.45, 7) is 7.31. The van der Waals surface area contributed by atoms with Gasteiger partial charge < -0.3 is 18.6 Å². The van der Waals surface area contributed by atoms with Crippen LogP contribution >= 0.6 is 11.6 Å². The molecule has 0 aliphatic heterocycles. The minimum atomic E-state index is -4.09. The largest absolute Gasteiger partial charge is 0.458 e. The van der Waals surface area contributed by atoms with E-state index in [-0.39, 0.29) is 31.1 Å². The molecule has 14 heteroatoms. The van der Waals surface area contributed by atoms with E-state index in [0.717, 1.165) is 0 Å². The van der Waals surface area contributed by atoms with Gasteiger partial charge in [-0.3, -0.25) is 9.29 Å². The molecule has 3 heterocycles. The van der Waals surface area contributed by atoms with Gasteiger partial charge in [-0.15, -0.1) is 10.2 Å². The van der Waals surface area contributed by atoms with Crippen LogP contribution < -0.4 is 4.72 Å². The summed E-state index contributed by atoms with van der Waals surface area (Å²) in [5.41, 5.74) is 0. The van der Waals surface area contributed by atoms with Crippen LogP contribution in [0.15, 0.2) is 28.9 Å². The third-order valence-corrected chi connectivity index (χ3v) is 7.09. The summed E-state index contributed by atoms with van der Waals surface area (Å²) < 4.78 is 53.6. The van der Waals surface area contributed by atoms with Crippen LogP contribution in [0.5, 0.6) is 0 Å². The maximum atomic E-state index is 13.6. The van der Waals surface area contributed by atoms with Gasteiger partial charge in [0.15, 0.2) is 11.6 Å². The first-order chi connectivity index (χ1) is 17.1. The highest BCUT2D eigenvalue weighted by Crippen LogP contribution is 2.30. The number of nitrogens with zero attached hydrogens (tertiary/aromatic N) is 5. The summed E-state index contributed by atoms with van der Waals surface area (Å²) >= 11 is 5.91. The molecule has 3 aromatic heterocycles. The van der Waals surface area contributed by atoms with Crippen molar-refractivity contribution in [3.05, 3.63) is 41.1 Å². The Balaban J connectivity index is 2.01. The molecule has 3 aromatic rings. The van der Waals surface area contributed by atoms with Gasteiger partial charge in [0.25, 0.3) is 0 Å². The molecular formula is C22H31ClN6O6S. The van der Waals surface area contributed by atoms with Gasteiger partial charge in [-0.2, -0.15) is 0 Å². The van der Waals surface area contributed by atoms with Crippen molar-refractivity contribution < 1.29 is 27.0 Å². The number of aryl methyl sites for hydroxylation is 1. The predicted octanol–water partition coefficient (Wildman–Crippen LogP) is 3.42. The van der Waals surface area contributed by atoms with E-state index in [2.05, 4.69) is 24.9 Å². The number of rotatable bonds is 13. The van der Waals surface area contributed by atoms with E-state index in [0.29, 0.717) is 22.4 Å². The Bertz CT molecular complexity index is 1220. The van der Waals surface area contributed by atoms with E-state index < -0.39 is 27.4 Å². The highest BCUT2D eigenvalue weighted by Gasteiger charge is 2.36. The molecular weight excluding hydrogens is 512 g/mol. The monoisotopic (exact) mass is 542 g/mol. The zero-order chi connectivity index (χ0) is 26.5. The summed E-state index contributed by atoms with van der Waals surface area (Å²) in [4.78, 5) is 8.35. The molecule has 2 atom stereocenters. The fraction of sp³-hybridized carbons (Fsp3) is 0.545. The Morgan fingerprint density at radius 2 is 1.72 bits per heavy atom. The molecule has 0 aromatic carbocycles.